The van der Waals surface area contributed by atoms with E-state index in [-0.39, 0.29) is 11.9 Å². The third-order valence-electron chi connectivity index (χ3n) is 4.53. The van der Waals surface area contributed by atoms with Gasteiger partial charge in [0.1, 0.15) is 11.5 Å². The molecule has 3 aromatic rings. The van der Waals surface area contributed by atoms with Gasteiger partial charge in [-0.3, -0.25) is 9.48 Å². The average molecular weight is 335 g/mol. The number of anilines is 1. The van der Waals surface area contributed by atoms with Crippen LogP contribution in [0.1, 0.15) is 48.1 Å². The maximum Gasteiger partial charge on any atom is 0.275 e. The van der Waals surface area contributed by atoms with Crippen molar-refractivity contribution in [3.8, 4) is 5.69 Å². The first-order chi connectivity index (χ1) is 12.1. The van der Waals surface area contributed by atoms with E-state index in [1.54, 1.807) is 16.9 Å². The molecule has 128 valence electrons. The molecule has 0 bridgehead atoms. The van der Waals surface area contributed by atoms with E-state index in [4.69, 9.17) is 5.10 Å². The number of fused-ring (bicyclic) bond motifs is 1. The molecule has 0 unspecified atom stereocenters. The summed E-state index contributed by atoms with van der Waals surface area (Å²) < 4.78 is 3.58. The molecular formula is C19H21N5O. The standard InChI is InChI=1S/C19H21N5O/c1-13(2)23-17(11-12-20-23)19(25)21-18-15-9-6-10-16(15)22-24(18)14-7-4-3-5-8-14/h3-5,7-8,11-13H,6,9-10H2,1-2H3,(H,21,25). The minimum atomic E-state index is -0.155. The molecule has 4 rings (SSSR count). The molecule has 0 radical (unpaired) electrons. The van der Waals surface area contributed by atoms with Crippen LogP contribution in [0.5, 0.6) is 0 Å². The Labute approximate surface area is 146 Å². The highest BCUT2D eigenvalue weighted by molar-refractivity contribution is 6.03. The quantitative estimate of drug-likeness (QED) is 0.795. The van der Waals surface area contributed by atoms with Gasteiger partial charge in [-0.15, -0.1) is 0 Å². The second-order valence-corrected chi connectivity index (χ2v) is 6.58. The molecule has 0 atom stereocenters. The van der Waals surface area contributed by atoms with E-state index in [1.165, 1.54) is 0 Å². The van der Waals surface area contributed by atoms with Crippen LogP contribution in [0.3, 0.4) is 0 Å². The molecule has 1 amide bonds. The predicted molar refractivity (Wildman–Crippen MR) is 96.2 cm³/mol. The number of hydrogen-bond acceptors (Lipinski definition) is 3. The van der Waals surface area contributed by atoms with E-state index < -0.39 is 0 Å². The Balaban J connectivity index is 1.73. The van der Waals surface area contributed by atoms with Crippen molar-refractivity contribution in [2.24, 2.45) is 0 Å². The fourth-order valence-corrected chi connectivity index (χ4v) is 3.35. The highest BCUT2D eigenvalue weighted by atomic mass is 16.2. The monoisotopic (exact) mass is 335 g/mol. The molecule has 1 aromatic carbocycles. The molecule has 0 aliphatic heterocycles. The van der Waals surface area contributed by atoms with Crippen molar-refractivity contribution < 1.29 is 4.79 Å². The summed E-state index contributed by atoms with van der Waals surface area (Å²) in [6, 6.07) is 11.8. The third kappa shape index (κ3) is 2.73. The van der Waals surface area contributed by atoms with Gasteiger partial charge in [-0.25, -0.2) is 4.68 Å². The Bertz CT molecular complexity index is 907. The molecule has 0 saturated heterocycles. The first kappa shape index (κ1) is 15.6. The number of aromatic nitrogens is 4. The fraction of sp³-hybridized carbons (Fsp3) is 0.316. The maximum absolute atomic E-state index is 12.9. The average Bonchev–Trinajstić information content (AvgIpc) is 3.32. The number of benzene rings is 1. The zero-order chi connectivity index (χ0) is 17.4. The molecule has 25 heavy (non-hydrogen) atoms. The molecular weight excluding hydrogens is 314 g/mol. The molecule has 6 nitrogen and oxygen atoms in total. The number of rotatable bonds is 4. The van der Waals surface area contributed by atoms with Gasteiger partial charge >= 0.3 is 0 Å². The number of aryl methyl sites for hydroxylation is 1. The highest BCUT2D eigenvalue weighted by Crippen LogP contribution is 2.31. The molecule has 2 heterocycles. The lowest BCUT2D eigenvalue weighted by Gasteiger charge is -2.13. The molecule has 0 saturated carbocycles. The lowest BCUT2D eigenvalue weighted by molar-refractivity contribution is 0.101. The molecule has 6 heteroatoms. The summed E-state index contributed by atoms with van der Waals surface area (Å²) >= 11 is 0. The van der Waals surface area contributed by atoms with Crippen molar-refractivity contribution in [1.82, 2.24) is 19.6 Å². The summed E-state index contributed by atoms with van der Waals surface area (Å²) in [6.45, 7) is 4.02. The Morgan fingerprint density at radius 1 is 1.16 bits per heavy atom. The van der Waals surface area contributed by atoms with Gasteiger partial charge in [0.2, 0.25) is 0 Å². The largest absolute Gasteiger partial charge is 0.305 e. The zero-order valence-corrected chi connectivity index (χ0v) is 14.4. The van der Waals surface area contributed by atoms with Crippen LogP contribution in [0, 0.1) is 0 Å². The first-order valence-corrected chi connectivity index (χ1v) is 8.66. The summed E-state index contributed by atoms with van der Waals surface area (Å²) in [7, 11) is 0. The number of nitrogens with zero attached hydrogens (tertiary/aromatic N) is 4. The van der Waals surface area contributed by atoms with Crippen LogP contribution in [0.2, 0.25) is 0 Å². The Morgan fingerprint density at radius 2 is 1.96 bits per heavy atom. The van der Waals surface area contributed by atoms with Crippen molar-refractivity contribution >= 4 is 11.7 Å². The van der Waals surface area contributed by atoms with Crippen LogP contribution in [0.15, 0.2) is 42.6 Å². The van der Waals surface area contributed by atoms with E-state index in [0.717, 1.165) is 42.0 Å². The Kier molecular flexibility index (Phi) is 3.87. The van der Waals surface area contributed by atoms with Gasteiger partial charge in [0.15, 0.2) is 0 Å². The fourth-order valence-electron chi connectivity index (χ4n) is 3.35. The van der Waals surface area contributed by atoms with E-state index in [1.807, 2.05) is 48.9 Å². The highest BCUT2D eigenvalue weighted by Gasteiger charge is 2.25. The minimum absolute atomic E-state index is 0.125. The van der Waals surface area contributed by atoms with Gasteiger partial charge in [0.05, 0.1) is 11.4 Å². The number of para-hydroxylation sites is 1. The van der Waals surface area contributed by atoms with Gasteiger partial charge in [-0.2, -0.15) is 10.2 Å². The summed E-state index contributed by atoms with van der Waals surface area (Å²) in [5.74, 6) is 0.623. The normalized spacial score (nSPS) is 13.2. The zero-order valence-electron chi connectivity index (χ0n) is 14.4. The molecule has 1 aliphatic carbocycles. The maximum atomic E-state index is 12.9. The van der Waals surface area contributed by atoms with E-state index in [9.17, 15) is 4.79 Å². The first-order valence-electron chi connectivity index (χ1n) is 8.66. The predicted octanol–water partition coefficient (Wildman–Crippen LogP) is 3.39. The topological polar surface area (TPSA) is 64.7 Å². The van der Waals surface area contributed by atoms with Crippen LogP contribution in [0.25, 0.3) is 5.69 Å². The number of nitrogens with one attached hydrogen (secondary N) is 1. The third-order valence-corrected chi connectivity index (χ3v) is 4.53. The van der Waals surface area contributed by atoms with Gasteiger partial charge in [0, 0.05) is 17.8 Å². The number of hydrogen-bond donors (Lipinski definition) is 1. The molecule has 0 spiro atoms. The van der Waals surface area contributed by atoms with Gasteiger partial charge in [0.25, 0.3) is 5.91 Å². The summed E-state index contributed by atoms with van der Waals surface area (Å²) in [5, 5.41) is 12.1. The number of carbonyl (C=O) groups is 1. The molecule has 1 aliphatic rings. The lowest BCUT2D eigenvalue weighted by atomic mass is 10.2. The Morgan fingerprint density at radius 3 is 2.72 bits per heavy atom. The van der Waals surface area contributed by atoms with E-state index >= 15 is 0 Å². The van der Waals surface area contributed by atoms with Crippen molar-refractivity contribution in [1.29, 1.82) is 0 Å². The van der Waals surface area contributed by atoms with Crippen molar-refractivity contribution in [2.45, 2.75) is 39.2 Å². The van der Waals surface area contributed by atoms with Crippen molar-refractivity contribution in [3.63, 3.8) is 0 Å². The van der Waals surface area contributed by atoms with Crippen LogP contribution in [-0.4, -0.2) is 25.5 Å². The second-order valence-electron chi connectivity index (χ2n) is 6.58. The van der Waals surface area contributed by atoms with E-state index in [2.05, 4.69) is 10.4 Å². The van der Waals surface area contributed by atoms with Gasteiger partial charge in [-0.05, 0) is 51.3 Å². The number of amides is 1. The Hall–Kier alpha value is -2.89. The smallest absolute Gasteiger partial charge is 0.275 e. The lowest BCUT2D eigenvalue weighted by Crippen LogP contribution is -2.21. The second kappa shape index (κ2) is 6.20. The molecule has 2 aromatic heterocycles. The van der Waals surface area contributed by atoms with Crippen molar-refractivity contribution in [2.75, 3.05) is 5.32 Å². The summed E-state index contributed by atoms with van der Waals surface area (Å²) in [6.07, 6.45) is 4.65. The van der Waals surface area contributed by atoms with Crippen LogP contribution < -0.4 is 5.32 Å². The van der Waals surface area contributed by atoms with Crippen LogP contribution >= 0.6 is 0 Å². The number of carbonyl (C=O) groups excluding carboxylic acids is 1. The summed E-state index contributed by atoms with van der Waals surface area (Å²) in [4.78, 5) is 12.9. The van der Waals surface area contributed by atoms with Crippen LogP contribution in [-0.2, 0) is 12.8 Å². The molecule has 1 N–H and O–H groups in total. The minimum Gasteiger partial charge on any atom is -0.305 e. The van der Waals surface area contributed by atoms with Gasteiger partial charge in [-0.1, -0.05) is 18.2 Å². The SMILES string of the molecule is CC(C)n1nccc1C(=O)Nc1c2c(nn1-c1ccccc1)CCC2. The van der Waals surface area contributed by atoms with Crippen LogP contribution in [0.4, 0.5) is 5.82 Å². The summed E-state index contributed by atoms with van der Waals surface area (Å²) in [5.41, 5.74) is 3.73. The van der Waals surface area contributed by atoms with Crippen molar-refractivity contribution in [3.05, 3.63) is 59.5 Å². The molecule has 0 fully saturated rings. The van der Waals surface area contributed by atoms with Gasteiger partial charge < -0.3 is 5.32 Å². The van der Waals surface area contributed by atoms with E-state index in [0.29, 0.717) is 5.69 Å².